The quantitative estimate of drug-likeness (QED) is 0.834. The van der Waals surface area contributed by atoms with Crippen LogP contribution in [0.15, 0.2) is 30.9 Å². The molecule has 5 heteroatoms. The number of anilines is 1. The highest BCUT2D eigenvalue weighted by Crippen LogP contribution is 2.19. The fourth-order valence-electron chi connectivity index (χ4n) is 1.91. The first-order chi connectivity index (χ1) is 9.66. The van der Waals surface area contributed by atoms with Crippen molar-refractivity contribution in [1.29, 1.82) is 0 Å². The first-order valence-corrected chi connectivity index (χ1v) is 6.70. The van der Waals surface area contributed by atoms with Crippen molar-refractivity contribution in [2.45, 2.75) is 33.2 Å². The van der Waals surface area contributed by atoms with Gasteiger partial charge in [-0.05, 0) is 45.4 Å². The minimum atomic E-state index is -1.01. The van der Waals surface area contributed by atoms with Crippen molar-refractivity contribution in [3.8, 4) is 0 Å². The predicted octanol–water partition coefficient (Wildman–Crippen LogP) is 3.51. The molecule has 0 radical (unpaired) electrons. The molecule has 2 N–H and O–H groups in total. The minimum Gasteiger partial charge on any atom is -0.478 e. The number of amides is 2. The van der Waals surface area contributed by atoms with Crippen molar-refractivity contribution >= 4 is 17.7 Å². The van der Waals surface area contributed by atoms with Gasteiger partial charge in [0.25, 0.3) is 0 Å². The largest absolute Gasteiger partial charge is 0.478 e. The Morgan fingerprint density at radius 1 is 1.38 bits per heavy atom. The number of carbonyl (C=O) groups is 2. The fourth-order valence-corrected chi connectivity index (χ4v) is 1.91. The lowest BCUT2D eigenvalue weighted by Crippen LogP contribution is -2.47. The van der Waals surface area contributed by atoms with Gasteiger partial charge in [0.05, 0.1) is 5.56 Å². The van der Waals surface area contributed by atoms with Crippen LogP contribution >= 0.6 is 0 Å². The monoisotopic (exact) mass is 290 g/mol. The standard InChI is InChI=1S/C16H22N2O3/c1-6-9-18(16(3,4)5)15(21)17-12-8-7-11(2)13(10-12)14(19)20/h6-8,10H,1,9H2,2-5H3,(H,17,21)(H,19,20). The van der Waals surface area contributed by atoms with Gasteiger partial charge < -0.3 is 15.3 Å². The summed E-state index contributed by atoms with van der Waals surface area (Å²) in [5, 5.41) is 11.8. The maximum Gasteiger partial charge on any atom is 0.336 e. The number of carboxylic acids is 1. The molecule has 1 rings (SSSR count). The molecule has 1 aromatic carbocycles. The number of urea groups is 1. The van der Waals surface area contributed by atoms with Crippen LogP contribution in [0.25, 0.3) is 0 Å². The molecule has 0 bridgehead atoms. The van der Waals surface area contributed by atoms with Crippen molar-refractivity contribution in [3.05, 3.63) is 42.0 Å². The molecule has 0 aliphatic carbocycles. The van der Waals surface area contributed by atoms with Crippen LogP contribution in [0.5, 0.6) is 0 Å². The molecule has 0 aliphatic heterocycles. The van der Waals surface area contributed by atoms with Gasteiger partial charge in [-0.3, -0.25) is 0 Å². The molecule has 0 atom stereocenters. The van der Waals surface area contributed by atoms with Gasteiger partial charge in [0.2, 0.25) is 0 Å². The van der Waals surface area contributed by atoms with E-state index in [-0.39, 0.29) is 17.1 Å². The maximum atomic E-state index is 12.3. The van der Waals surface area contributed by atoms with Crippen LogP contribution in [-0.2, 0) is 0 Å². The Kier molecular flexibility index (Phi) is 5.13. The van der Waals surface area contributed by atoms with E-state index >= 15 is 0 Å². The number of carboxylic acid groups (broad SMARTS) is 1. The average Bonchev–Trinajstić information content (AvgIpc) is 2.36. The van der Waals surface area contributed by atoms with E-state index in [2.05, 4.69) is 11.9 Å². The lowest BCUT2D eigenvalue weighted by atomic mass is 10.1. The predicted molar refractivity (Wildman–Crippen MR) is 83.8 cm³/mol. The van der Waals surface area contributed by atoms with E-state index in [1.165, 1.54) is 6.07 Å². The number of benzene rings is 1. The van der Waals surface area contributed by atoms with Crippen molar-refractivity contribution in [2.24, 2.45) is 0 Å². The summed E-state index contributed by atoms with van der Waals surface area (Å²) < 4.78 is 0. The van der Waals surface area contributed by atoms with Crippen LogP contribution in [0.4, 0.5) is 10.5 Å². The molecule has 21 heavy (non-hydrogen) atoms. The molecule has 5 nitrogen and oxygen atoms in total. The number of hydrogen-bond donors (Lipinski definition) is 2. The molecule has 0 saturated heterocycles. The molecule has 0 saturated carbocycles. The van der Waals surface area contributed by atoms with Crippen LogP contribution < -0.4 is 5.32 Å². The number of nitrogens with zero attached hydrogens (tertiary/aromatic N) is 1. The zero-order valence-corrected chi connectivity index (χ0v) is 12.9. The maximum absolute atomic E-state index is 12.3. The summed E-state index contributed by atoms with van der Waals surface area (Å²) >= 11 is 0. The Morgan fingerprint density at radius 2 is 2.00 bits per heavy atom. The first-order valence-electron chi connectivity index (χ1n) is 6.70. The molecule has 0 fully saturated rings. The van der Waals surface area contributed by atoms with Gasteiger partial charge >= 0.3 is 12.0 Å². The molecule has 2 amide bonds. The molecule has 0 unspecified atom stereocenters. The van der Waals surface area contributed by atoms with Crippen LogP contribution in [0.1, 0.15) is 36.7 Å². The third kappa shape index (κ3) is 4.34. The molecule has 1 aromatic rings. The second-order valence-electron chi connectivity index (χ2n) is 5.84. The highest BCUT2D eigenvalue weighted by molar-refractivity contribution is 5.94. The van der Waals surface area contributed by atoms with E-state index < -0.39 is 5.97 Å². The summed E-state index contributed by atoms with van der Waals surface area (Å²) in [5.41, 5.74) is 0.929. The topological polar surface area (TPSA) is 69.6 Å². The van der Waals surface area contributed by atoms with Crippen LogP contribution in [0, 0.1) is 6.92 Å². The van der Waals surface area contributed by atoms with Gasteiger partial charge in [0.15, 0.2) is 0 Å². The number of rotatable bonds is 4. The van der Waals surface area contributed by atoms with Gasteiger partial charge in [-0.25, -0.2) is 9.59 Å². The number of aromatic carboxylic acids is 1. The van der Waals surface area contributed by atoms with Gasteiger partial charge in [-0.2, -0.15) is 0 Å². The Morgan fingerprint density at radius 3 is 2.48 bits per heavy atom. The van der Waals surface area contributed by atoms with Crippen molar-refractivity contribution in [1.82, 2.24) is 4.90 Å². The van der Waals surface area contributed by atoms with Gasteiger partial charge in [-0.1, -0.05) is 12.1 Å². The average molecular weight is 290 g/mol. The lowest BCUT2D eigenvalue weighted by molar-refractivity contribution is 0.0696. The molecule has 0 aliphatic rings. The number of aryl methyl sites for hydroxylation is 1. The Balaban J connectivity index is 2.99. The molecule has 0 heterocycles. The fraction of sp³-hybridized carbons (Fsp3) is 0.375. The highest BCUT2D eigenvalue weighted by Gasteiger charge is 2.25. The second-order valence-corrected chi connectivity index (χ2v) is 5.84. The molecule has 0 spiro atoms. The van der Waals surface area contributed by atoms with Crippen LogP contribution in [0.2, 0.25) is 0 Å². The van der Waals surface area contributed by atoms with E-state index in [9.17, 15) is 9.59 Å². The third-order valence-electron chi connectivity index (χ3n) is 3.09. The Hall–Kier alpha value is -2.30. The van der Waals surface area contributed by atoms with E-state index in [4.69, 9.17) is 5.11 Å². The van der Waals surface area contributed by atoms with Gasteiger partial charge in [0, 0.05) is 17.8 Å². The van der Waals surface area contributed by atoms with E-state index in [0.717, 1.165) is 0 Å². The number of nitrogens with one attached hydrogen (secondary N) is 1. The van der Waals surface area contributed by atoms with E-state index in [1.807, 2.05) is 20.8 Å². The molecule has 0 aromatic heterocycles. The minimum absolute atomic E-state index is 0.179. The highest BCUT2D eigenvalue weighted by atomic mass is 16.4. The van der Waals surface area contributed by atoms with E-state index in [1.54, 1.807) is 30.0 Å². The second kappa shape index (κ2) is 6.43. The summed E-state index contributed by atoms with van der Waals surface area (Å²) in [6.45, 7) is 11.6. The molecular formula is C16H22N2O3. The van der Waals surface area contributed by atoms with Crippen LogP contribution in [0.3, 0.4) is 0 Å². The van der Waals surface area contributed by atoms with Crippen LogP contribution in [-0.4, -0.2) is 34.1 Å². The van der Waals surface area contributed by atoms with Crippen molar-refractivity contribution in [3.63, 3.8) is 0 Å². The van der Waals surface area contributed by atoms with Gasteiger partial charge in [0.1, 0.15) is 0 Å². The summed E-state index contributed by atoms with van der Waals surface area (Å²) in [7, 11) is 0. The molecular weight excluding hydrogens is 268 g/mol. The number of carbonyl (C=O) groups excluding carboxylic acids is 1. The van der Waals surface area contributed by atoms with Crippen molar-refractivity contribution in [2.75, 3.05) is 11.9 Å². The third-order valence-corrected chi connectivity index (χ3v) is 3.09. The summed E-state index contributed by atoms with van der Waals surface area (Å²) in [4.78, 5) is 25.1. The zero-order valence-electron chi connectivity index (χ0n) is 12.9. The van der Waals surface area contributed by atoms with E-state index in [0.29, 0.717) is 17.8 Å². The SMILES string of the molecule is C=CCN(C(=O)Nc1ccc(C)c(C(=O)O)c1)C(C)(C)C. The molecule has 114 valence electrons. The Bertz CT molecular complexity index is 559. The summed E-state index contributed by atoms with van der Waals surface area (Å²) in [6, 6.07) is 4.54. The zero-order chi connectivity index (χ0) is 16.2. The lowest BCUT2D eigenvalue weighted by Gasteiger charge is -2.34. The van der Waals surface area contributed by atoms with Gasteiger partial charge in [-0.15, -0.1) is 6.58 Å². The Labute approximate surface area is 125 Å². The normalized spacial score (nSPS) is 10.9. The summed E-state index contributed by atoms with van der Waals surface area (Å²) in [5.74, 6) is -1.01. The smallest absolute Gasteiger partial charge is 0.336 e. The number of hydrogen-bond acceptors (Lipinski definition) is 2. The van der Waals surface area contributed by atoms with Crippen molar-refractivity contribution < 1.29 is 14.7 Å². The first kappa shape index (κ1) is 16.8. The summed E-state index contributed by atoms with van der Waals surface area (Å²) in [6.07, 6.45) is 1.66.